The molecule has 0 unspecified atom stereocenters. The van der Waals surface area contributed by atoms with Crippen molar-refractivity contribution in [1.82, 2.24) is 15.1 Å². The zero-order chi connectivity index (χ0) is 17.5. The molecule has 7 nitrogen and oxygen atoms in total. The molecule has 1 aliphatic rings. The van der Waals surface area contributed by atoms with Crippen LogP contribution in [0.3, 0.4) is 0 Å². The molecule has 2 rings (SSSR count). The molecule has 0 saturated carbocycles. The SMILES string of the molecule is CNC/C=C/C(=O)N(C)Cc1ccc(C2=NCCN2C(=O)O)cc1. The first-order valence-electron chi connectivity index (χ1n) is 7.73. The molecule has 0 radical (unpaired) electrons. The van der Waals surface area contributed by atoms with Crippen LogP contribution in [0.15, 0.2) is 41.4 Å². The van der Waals surface area contributed by atoms with Crippen molar-refractivity contribution in [3.8, 4) is 0 Å². The number of benzene rings is 1. The van der Waals surface area contributed by atoms with Crippen LogP contribution in [-0.2, 0) is 11.3 Å². The fourth-order valence-corrected chi connectivity index (χ4v) is 2.40. The summed E-state index contributed by atoms with van der Waals surface area (Å²) >= 11 is 0. The normalized spacial score (nSPS) is 14.1. The molecule has 0 bridgehead atoms. The maximum absolute atomic E-state index is 11.9. The number of nitrogens with zero attached hydrogens (tertiary/aromatic N) is 3. The van der Waals surface area contributed by atoms with Crippen molar-refractivity contribution in [3.63, 3.8) is 0 Å². The second-order valence-electron chi connectivity index (χ2n) is 5.49. The van der Waals surface area contributed by atoms with Crippen LogP contribution in [0.1, 0.15) is 11.1 Å². The number of rotatable bonds is 6. The van der Waals surface area contributed by atoms with Gasteiger partial charge in [0.2, 0.25) is 5.91 Å². The zero-order valence-electron chi connectivity index (χ0n) is 13.9. The Labute approximate surface area is 141 Å². The van der Waals surface area contributed by atoms with E-state index in [0.717, 1.165) is 11.1 Å². The van der Waals surface area contributed by atoms with E-state index in [1.807, 2.05) is 31.3 Å². The maximum Gasteiger partial charge on any atom is 0.413 e. The first-order valence-corrected chi connectivity index (χ1v) is 7.73. The molecule has 0 aliphatic carbocycles. The maximum atomic E-state index is 11.9. The predicted molar refractivity (Wildman–Crippen MR) is 92.1 cm³/mol. The summed E-state index contributed by atoms with van der Waals surface area (Å²) in [6, 6.07) is 7.45. The first-order chi connectivity index (χ1) is 11.5. The number of amidine groups is 1. The highest BCUT2D eigenvalue weighted by atomic mass is 16.4. The Hall–Kier alpha value is -2.67. The molecule has 1 aromatic carbocycles. The van der Waals surface area contributed by atoms with E-state index >= 15 is 0 Å². The van der Waals surface area contributed by atoms with Crippen molar-refractivity contribution in [1.29, 1.82) is 0 Å². The molecule has 0 fully saturated rings. The van der Waals surface area contributed by atoms with Crippen molar-refractivity contribution < 1.29 is 14.7 Å². The van der Waals surface area contributed by atoms with Crippen molar-refractivity contribution in [3.05, 3.63) is 47.5 Å². The minimum Gasteiger partial charge on any atom is -0.465 e. The largest absolute Gasteiger partial charge is 0.465 e. The molecular weight excluding hydrogens is 308 g/mol. The number of hydrogen-bond acceptors (Lipinski definition) is 4. The molecule has 0 aromatic heterocycles. The number of nitrogens with one attached hydrogen (secondary N) is 1. The number of hydrogen-bond donors (Lipinski definition) is 2. The van der Waals surface area contributed by atoms with E-state index in [0.29, 0.717) is 32.0 Å². The van der Waals surface area contributed by atoms with Gasteiger partial charge in [-0.3, -0.25) is 14.7 Å². The van der Waals surface area contributed by atoms with Gasteiger partial charge in [0.15, 0.2) is 0 Å². The number of aliphatic imine (C=N–C) groups is 1. The summed E-state index contributed by atoms with van der Waals surface area (Å²) in [6.07, 6.45) is 2.33. The molecule has 1 aromatic rings. The Bertz CT molecular complexity index is 652. The lowest BCUT2D eigenvalue weighted by Gasteiger charge is -2.17. The average Bonchev–Trinajstić information content (AvgIpc) is 3.05. The predicted octanol–water partition coefficient (Wildman–Crippen LogP) is 1.16. The molecule has 2 amide bonds. The summed E-state index contributed by atoms with van der Waals surface area (Å²) < 4.78 is 0. The van der Waals surface area contributed by atoms with Crippen LogP contribution in [0.4, 0.5) is 4.79 Å². The van der Waals surface area contributed by atoms with Gasteiger partial charge in [0.1, 0.15) is 5.84 Å². The number of carbonyl (C=O) groups excluding carboxylic acids is 1. The average molecular weight is 330 g/mol. The molecular formula is C17H22N4O3. The Morgan fingerprint density at radius 2 is 2.08 bits per heavy atom. The standard InChI is InChI=1S/C17H22N4O3/c1-18-9-3-4-15(22)20(2)12-13-5-7-14(8-6-13)16-19-10-11-21(16)17(23)24/h3-8,18H,9-12H2,1-2H3,(H,23,24)/b4-3+. The minimum atomic E-state index is -0.992. The van der Waals surface area contributed by atoms with Crippen molar-refractivity contribution in [2.24, 2.45) is 4.99 Å². The van der Waals surface area contributed by atoms with Crippen LogP contribution < -0.4 is 5.32 Å². The van der Waals surface area contributed by atoms with Gasteiger partial charge in [-0.2, -0.15) is 0 Å². The number of likely N-dealkylation sites (N-methyl/N-ethyl adjacent to an activating group) is 2. The third-order valence-electron chi connectivity index (χ3n) is 3.66. The Kier molecular flexibility index (Phi) is 6.08. The molecule has 1 heterocycles. The summed E-state index contributed by atoms with van der Waals surface area (Å²) in [4.78, 5) is 30.2. The van der Waals surface area contributed by atoms with Crippen molar-refractivity contribution in [2.45, 2.75) is 6.54 Å². The summed E-state index contributed by atoms with van der Waals surface area (Å²) in [5, 5.41) is 12.1. The van der Waals surface area contributed by atoms with Crippen molar-refractivity contribution >= 4 is 17.8 Å². The summed E-state index contributed by atoms with van der Waals surface area (Å²) in [6.45, 7) is 2.01. The molecule has 0 atom stereocenters. The van der Waals surface area contributed by atoms with E-state index in [1.54, 1.807) is 24.1 Å². The van der Waals surface area contributed by atoms with Crippen LogP contribution in [0, 0.1) is 0 Å². The van der Waals surface area contributed by atoms with Gasteiger partial charge in [-0.1, -0.05) is 30.3 Å². The fraction of sp³-hybridized carbons (Fsp3) is 0.353. The van der Waals surface area contributed by atoms with Crippen molar-refractivity contribution in [2.75, 3.05) is 33.7 Å². The summed E-state index contributed by atoms with van der Waals surface area (Å²) in [5.74, 6) is 0.417. The molecule has 0 spiro atoms. The van der Waals surface area contributed by atoms with E-state index < -0.39 is 6.09 Å². The third kappa shape index (κ3) is 4.42. The van der Waals surface area contributed by atoms with E-state index in [-0.39, 0.29) is 5.91 Å². The molecule has 1 aliphatic heterocycles. The molecule has 7 heteroatoms. The molecule has 24 heavy (non-hydrogen) atoms. The smallest absolute Gasteiger partial charge is 0.413 e. The molecule has 128 valence electrons. The Morgan fingerprint density at radius 1 is 1.38 bits per heavy atom. The first kappa shape index (κ1) is 17.7. The van der Waals surface area contributed by atoms with Crippen LogP contribution in [0.25, 0.3) is 0 Å². The van der Waals surface area contributed by atoms with Gasteiger partial charge < -0.3 is 15.3 Å². The number of carbonyl (C=O) groups is 2. The van der Waals surface area contributed by atoms with Crippen LogP contribution in [0.5, 0.6) is 0 Å². The zero-order valence-corrected chi connectivity index (χ0v) is 13.9. The van der Waals surface area contributed by atoms with E-state index in [1.165, 1.54) is 4.90 Å². The fourth-order valence-electron chi connectivity index (χ4n) is 2.40. The Balaban J connectivity index is 1.99. The third-order valence-corrected chi connectivity index (χ3v) is 3.66. The highest BCUT2D eigenvalue weighted by Gasteiger charge is 2.24. The van der Waals surface area contributed by atoms with Gasteiger partial charge in [0.05, 0.1) is 13.1 Å². The van der Waals surface area contributed by atoms with Crippen LogP contribution in [-0.4, -0.2) is 66.5 Å². The van der Waals surface area contributed by atoms with Gasteiger partial charge in [-0.25, -0.2) is 4.79 Å². The van der Waals surface area contributed by atoms with Crippen LogP contribution >= 0.6 is 0 Å². The Morgan fingerprint density at radius 3 is 2.71 bits per heavy atom. The second kappa shape index (κ2) is 8.26. The lowest BCUT2D eigenvalue weighted by Crippen LogP contribution is -2.33. The molecule has 2 N–H and O–H groups in total. The summed E-state index contributed by atoms with van der Waals surface area (Å²) in [7, 11) is 3.56. The molecule has 0 saturated heterocycles. The van der Waals surface area contributed by atoms with Gasteiger partial charge in [-0.15, -0.1) is 0 Å². The number of carboxylic acid groups (broad SMARTS) is 1. The van der Waals surface area contributed by atoms with Gasteiger partial charge >= 0.3 is 6.09 Å². The van der Waals surface area contributed by atoms with E-state index in [4.69, 9.17) is 5.11 Å². The topological polar surface area (TPSA) is 85.2 Å². The minimum absolute atomic E-state index is 0.0634. The van der Waals surface area contributed by atoms with Crippen LogP contribution in [0.2, 0.25) is 0 Å². The number of amides is 2. The van der Waals surface area contributed by atoms with E-state index in [9.17, 15) is 9.59 Å². The van der Waals surface area contributed by atoms with Gasteiger partial charge in [0.25, 0.3) is 0 Å². The van der Waals surface area contributed by atoms with Gasteiger partial charge in [0, 0.05) is 31.8 Å². The van der Waals surface area contributed by atoms with E-state index in [2.05, 4.69) is 10.3 Å². The summed E-state index contributed by atoms with van der Waals surface area (Å²) in [5.41, 5.74) is 1.73. The lowest BCUT2D eigenvalue weighted by molar-refractivity contribution is -0.125. The highest BCUT2D eigenvalue weighted by Crippen LogP contribution is 2.14. The second-order valence-corrected chi connectivity index (χ2v) is 5.49. The van der Waals surface area contributed by atoms with Gasteiger partial charge in [-0.05, 0) is 12.6 Å². The highest BCUT2D eigenvalue weighted by molar-refractivity contribution is 6.07. The monoisotopic (exact) mass is 330 g/mol. The quantitative estimate of drug-likeness (QED) is 0.767. The lowest BCUT2D eigenvalue weighted by atomic mass is 10.1.